The van der Waals surface area contributed by atoms with Crippen LogP contribution in [0.15, 0.2) is 24.3 Å². The van der Waals surface area contributed by atoms with E-state index in [4.69, 9.17) is 10.5 Å². The Labute approximate surface area is 95.6 Å². The minimum Gasteiger partial charge on any atom is -0.372 e. The molecular formula is C13H18FNO. The van der Waals surface area contributed by atoms with Crippen molar-refractivity contribution in [3.63, 3.8) is 0 Å². The maximum absolute atomic E-state index is 13.6. The summed E-state index contributed by atoms with van der Waals surface area (Å²) in [6.45, 7) is 2.55. The molecule has 0 aromatic heterocycles. The van der Waals surface area contributed by atoms with Crippen LogP contribution in [0.1, 0.15) is 31.4 Å². The molecule has 1 aliphatic carbocycles. The summed E-state index contributed by atoms with van der Waals surface area (Å²) in [6, 6.07) is 6.49. The second-order valence-electron chi connectivity index (χ2n) is 4.58. The van der Waals surface area contributed by atoms with E-state index in [1.54, 1.807) is 12.1 Å². The van der Waals surface area contributed by atoms with Crippen LogP contribution in [-0.4, -0.2) is 12.6 Å². The monoisotopic (exact) mass is 223 g/mol. The molecule has 0 heterocycles. The molecule has 0 amide bonds. The average molecular weight is 223 g/mol. The van der Waals surface area contributed by atoms with Crippen LogP contribution in [-0.2, 0) is 4.74 Å². The van der Waals surface area contributed by atoms with Gasteiger partial charge in [-0.1, -0.05) is 18.2 Å². The van der Waals surface area contributed by atoms with Crippen LogP contribution in [0.2, 0.25) is 0 Å². The Balaban J connectivity index is 2.08. The predicted octanol–water partition coefficient (Wildman–Crippen LogP) is 2.64. The first-order valence-electron chi connectivity index (χ1n) is 5.80. The van der Waals surface area contributed by atoms with Crippen LogP contribution in [0.4, 0.5) is 4.39 Å². The molecule has 0 aliphatic heterocycles. The van der Waals surface area contributed by atoms with Gasteiger partial charge in [0.1, 0.15) is 11.9 Å². The molecule has 0 radical (unpaired) electrons. The van der Waals surface area contributed by atoms with Crippen molar-refractivity contribution in [2.75, 3.05) is 6.61 Å². The van der Waals surface area contributed by atoms with Crippen molar-refractivity contribution in [1.82, 2.24) is 0 Å². The van der Waals surface area contributed by atoms with Gasteiger partial charge in [-0.2, -0.15) is 0 Å². The number of hydrogen-bond donors (Lipinski definition) is 1. The lowest BCUT2D eigenvalue weighted by atomic mass is 10.0. The van der Waals surface area contributed by atoms with E-state index in [1.165, 1.54) is 18.9 Å². The maximum Gasteiger partial charge on any atom is 0.129 e. The molecule has 2 rings (SSSR count). The van der Waals surface area contributed by atoms with E-state index in [0.717, 1.165) is 0 Å². The lowest BCUT2D eigenvalue weighted by molar-refractivity contribution is 0.0292. The molecule has 0 saturated heterocycles. The van der Waals surface area contributed by atoms with Gasteiger partial charge in [-0.25, -0.2) is 4.39 Å². The van der Waals surface area contributed by atoms with Gasteiger partial charge >= 0.3 is 0 Å². The Morgan fingerprint density at radius 1 is 1.44 bits per heavy atom. The van der Waals surface area contributed by atoms with Gasteiger partial charge in [0.25, 0.3) is 0 Å². The van der Waals surface area contributed by atoms with Crippen LogP contribution >= 0.6 is 0 Å². The fraction of sp³-hybridized carbons (Fsp3) is 0.538. The first kappa shape index (κ1) is 11.6. The highest BCUT2D eigenvalue weighted by atomic mass is 19.1. The SMILES string of the molecule is CC(N)C(OCC1CC1)c1ccccc1F. The number of hydrogen-bond acceptors (Lipinski definition) is 2. The molecule has 0 bridgehead atoms. The summed E-state index contributed by atoms with van der Waals surface area (Å²) in [4.78, 5) is 0. The zero-order valence-corrected chi connectivity index (χ0v) is 9.53. The minimum absolute atomic E-state index is 0.198. The van der Waals surface area contributed by atoms with Crippen molar-refractivity contribution in [3.8, 4) is 0 Å². The largest absolute Gasteiger partial charge is 0.372 e. The Hall–Kier alpha value is -0.930. The molecule has 2 N–H and O–H groups in total. The van der Waals surface area contributed by atoms with Crippen LogP contribution in [0, 0.1) is 11.7 Å². The Kier molecular flexibility index (Phi) is 3.56. The second-order valence-corrected chi connectivity index (χ2v) is 4.58. The van der Waals surface area contributed by atoms with Gasteiger partial charge in [-0.05, 0) is 31.7 Å². The van der Waals surface area contributed by atoms with E-state index in [0.29, 0.717) is 18.1 Å². The standard InChI is InChI=1S/C13H18FNO/c1-9(15)13(16-8-10-6-7-10)11-4-2-3-5-12(11)14/h2-5,9-10,13H,6-8,15H2,1H3. The van der Waals surface area contributed by atoms with Crippen LogP contribution in [0.25, 0.3) is 0 Å². The zero-order chi connectivity index (χ0) is 11.5. The molecule has 1 aliphatic rings. The quantitative estimate of drug-likeness (QED) is 0.832. The molecule has 88 valence electrons. The molecule has 1 aromatic rings. The topological polar surface area (TPSA) is 35.2 Å². The highest BCUT2D eigenvalue weighted by Gasteiger charge is 2.26. The van der Waals surface area contributed by atoms with Gasteiger partial charge in [0.05, 0.1) is 6.61 Å². The molecule has 2 atom stereocenters. The van der Waals surface area contributed by atoms with Crippen LogP contribution in [0.5, 0.6) is 0 Å². The summed E-state index contributed by atoms with van der Waals surface area (Å²) in [6.07, 6.45) is 2.12. The summed E-state index contributed by atoms with van der Waals surface area (Å²) >= 11 is 0. The van der Waals surface area contributed by atoms with Crippen LogP contribution < -0.4 is 5.73 Å². The number of ether oxygens (including phenoxy) is 1. The molecule has 0 spiro atoms. The lowest BCUT2D eigenvalue weighted by Gasteiger charge is -2.22. The third-order valence-electron chi connectivity index (χ3n) is 2.90. The molecular weight excluding hydrogens is 205 g/mol. The number of halogens is 1. The van der Waals surface area contributed by atoms with Gasteiger partial charge < -0.3 is 10.5 Å². The van der Waals surface area contributed by atoms with Crippen molar-refractivity contribution in [2.45, 2.75) is 31.9 Å². The van der Waals surface area contributed by atoms with Gasteiger partial charge in [0.2, 0.25) is 0 Å². The Morgan fingerprint density at radius 2 is 2.12 bits per heavy atom. The smallest absolute Gasteiger partial charge is 0.129 e. The molecule has 1 aromatic carbocycles. The molecule has 1 saturated carbocycles. The summed E-state index contributed by atoms with van der Waals surface area (Å²) in [5, 5.41) is 0. The highest BCUT2D eigenvalue weighted by molar-refractivity contribution is 5.21. The average Bonchev–Trinajstić information content (AvgIpc) is 3.04. The van der Waals surface area contributed by atoms with E-state index in [-0.39, 0.29) is 18.0 Å². The van der Waals surface area contributed by atoms with E-state index in [9.17, 15) is 4.39 Å². The normalized spacial score (nSPS) is 19.4. The molecule has 2 unspecified atom stereocenters. The molecule has 16 heavy (non-hydrogen) atoms. The summed E-state index contributed by atoms with van der Waals surface area (Å²) in [7, 11) is 0. The Morgan fingerprint density at radius 3 is 2.69 bits per heavy atom. The number of benzene rings is 1. The summed E-state index contributed by atoms with van der Waals surface area (Å²) in [5.41, 5.74) is 6.42. The zero-order valence-electron chi connectivity index (χ0n) is 9.53. The van der Waals surface area contributed by atoms with Crippen molar-refractivity contribution in [3.05, 3.63) is 35.6 Å². The Bertz CT molecular complexity index is 350. The van der Waals surface area contributed by atoms with E-state index < -0.39 is 0 Å². The third-order valence-corrected chi connectivity index (χ3v) is 2.90. The van der Waals surface area contributed by atoms with Gasteiger partial charge in [0.15, 0.2) is 0 Å². The van der Waals surface area contributed by atoms with Crippen LogP contribution in [0.3, 0.4) is 0 Å². The molecule has 2 nitrogen and oxygen atoms in total. The van der Waals surface area contributed by atoms with Crippen molar-refractivity contribution >= 4 is 0 Å². The van der Waals surface area contributed by atoms with Crippen molar-refractivity contribution < 1.29 is 9.13 Å². The molecule has 3 heteroatoms. The second kappa shape index (κ2) is 4.93. The number of rotatable bonds is 5. The van der Waals surface area contributed by atoms with Gasteiger partial charge in [-0.15, -0.1) is 0 Å². The van der Waals surface area contributed by atoms with Crippen molar-refractivity contribution in [2.24, 2.45) is 11.7 Å². The van der Waals surface area contributed by atoms with Crippen molar-refractivity contribution in [1.29, 1.82) is 0 Å². The highest BCUT2D eigenvalue weighted by Crippen LogP contribution is 2.32. The van der Waals surface area contributed by atoms with Gasteiger partial charge in [-0.3, -0.25) is 0 Å². The summed E-state index contributed by atoms with van der Waals surface area (Å²) < 4.78 is 19.3. The first-order valence-corrected chi connectivity index (χ1v) is 5.80. The van der Waals surface area contributed by atoms with E-state index in [1.807, 2.05) is 13.0 Å². The van der Waals surface area contributed by atoms with Gasteiger partial charge in [0, 0.05) is 11.6 Å². The maximum atomic E-state index is 13.6. The fourth-order valence-electron chi connectivity index (χ4n) is 1.75. The molecule has 1 fully saturated rings. The summed E-state index contributed by atoms with van der Waals surface area (Å²) in [5.74, 6) is 0.425. The van der Waals surface area contributed by atoms with E-state index in [2.05, 4.69) is 0 Å². The fourth-order valence-corrected chi connectivity index (χ4v) is 1.75. The number of nitrogens with two attached hydrogens (primary N) is 1. The van der Waals surface area contributed by atoms with E-state index >= 15 is 0 Å². The third kappa shape index (κ3) is 2.80. The predicted molar refractivity (Wildman–Crippen MR) is 61.5 cm³/mol. The first-order chi connectivity index (χ1) is 7.68. The minimum atomic E-state index is -0.332. The lowest BCUT2D eigenvalue weighted by Crippen LogP contribution is -2.28.